The minimum Gasteiger partial charge on any atom is -0.294 e. The van der Waals surface area contributed by atoms with Gasteiger partial charge in [0.1, 0.15) is 10.0 Å². The van der Waals surface area contributed by atoms with Crippen molar-refractivity contribution in [2.75, 3.05) is 6.54 Å². The van der Waals surface area contributed by atoms with E-state index < -0.39 is 0 Å². The molecule has 0 bridgehead atoms. The predicted molar refractivity (Wildman–Crippen MR) is 60.7 cm³/mol. The third-order valence-corrected chi connectivity index (χ3v) is 3.09. The van der Waals surface area contributed by atoms with Gasteiger partial charge in [0.15, 0.2) is 0 Å². The van der Waals surface area contributed by atoms with Gasteiger partial charge in [0.05, 0.1) is 6.07 Å². The van der Waals surface area contributed by atoms with Gasteiger partial charge in [-0.2, -0.15) is 5.26 Å². The fourth-order valence-corrected chi connectivity index (χ4v) is 1.81. The van der Waals surface area contributed by atoms with Crippen LogP contribution in [0.4, 0.5) is 0 Å². The molecule has 1 aromatic rings. The Morgan fingerprint density at radius 1 is 1.60 bits per heavy atom. The summed E-state index contributed by atoms with van der Waals surface area (Å²) in [6.45, 7) is 5.58. The van der Waals surface area contributed by atoms with Crippen LogP contribution in [0, 0.1) is 11.3 Å². The van der Waals surface area contributed by atoms with Crippen LogP contribution in [0.15, 0.2) is 0 Å². The molecule has 0 fully saturated rings. The average Bonchev–Trinajstić information content (AvgIpc) is 2.58. The summed E-state index contributed by atoms with van der Waals surface area (Å²) < 4.78 is 4.42. The normalized spacial score (nSPS) is 10.9. The molecule has 0 radical (unpaired) electrons. The van der Waals surface area contributed by atoms with Crippen LogP contribution in [-0.4, -0.2) is 27.1 Å². The van der Waals surface area contributed by atoms with Crippen LogP contribution < -0.4 is 0 Å². The molecule has 0 amide bonds. The van der Waals surface area contributed by atoms with Crippen molar-refractivity contribution in [3.63, 3.8) is 0 Å². The van der Waals surface area contributed by atoms with Crippen molar-refractivity contribution in [1.29, 1.82) is 5.26 Å². The molecule has 0 aliphatic rings. The standard InChI is InChI=1S/C9H13ClN4S/c1-7(2)14(5-3-4-11)6-8-9(10)15-13-12-8/h7H,3,5-6H2,1-2H3. The molecule has 15 heavy (non-hydrogen) atoms. The average molecular weight is 245 g/mol. The van der Waals surface area contributed by atoms with Gasteiger partial charge in [-0.05, 0) is 13.8 Å². The van der Waals surface area contributed by atoms with E-state index in [0.29, 0.717) is 23.3 Å². The van der Waals surface area contributed by atoms with E-state index in [4.69, 9.17) is 16.9 Å². The summed E-state index contributed by atoms with van der Waals surface area (Å²) >= 11 is 7.12. The second kappa shape index (κ2) is 6.01. The second-order valence-corrected chi connectivity index (χ2v) is 4.82. The van der Waals surface area contributed by atoms with Crippen molar-refractivity contribution in [3.05, 3.63) is 10.0 Å². The zero-order valence-electron chi connectivity index (χ0n) is 8.77. The van der Waals surface area contributed by atoms with E-state index in [0.717, 1.165) is 12.2 Å². The smallest absolute Gasteiger partial charge is 0.138 e. The van der Waals surface area contributed by atoms with Crippen LogP contribution in [0.5, 0.6) is 0 Å². The van der Waals surface area contributed by atoms with Crippen LogP contribution >= 0.6 is 23.1 Å². The summed E-state index contributed by atoms with van der Waals surface area (Å²) in [5.74, 6) is 0. The molecule has 0 N–H and O–H groups in total. The Morgan fingerprint density at radius 3 is 2.80 bits per heavy atom. The fourth-order valence-electron chi connectivity index (χ4n) is 1.20. The van der Waals surface area contributed by atoms with Gasteiger partial charge >= 0.3 is 0 Å². The molecule has 0 atom stereocenters. The zero-order chi connectivity index (χ0) is 11.3. The number of halogens is 1. The Bertz CT molecular complexity index is 344. The van der Waals surface area contributed by atoms with Gasteiger partial charge in [0.2, 0.25) is 0 Å². The van der Waals surface area contributed by atoms with E-state index in [1.54, 1.807) is 0 Å². The van der Waals surface area contributed by atoms with Crippen molar-refractivity contribution < 1.29 is 0 Å². The molecule has 1 aromatic heterocycles. The van der Waals surface area contributed by atoms with Crippen LogP contribution in [-0.2, 0) is 6.54 Å². The molecular formula is C9H13ClN4S. The third kappa shape index (κ3) is 3.74. The molecule has 6 heteroatoms. The minimum absolute atomic E-state index is 0.371. The number of nitrogens with zero attached hydrogens (tertiary/aromatic N) is 4. The Balaban J connectivity index is 2.59. The first-order valence-electron chi connectivity index (χ1n) is 4.73. The lowest BCUT2D eigenvalue weighted by Crippen LogP contribution is -2.31. The molecule has 1 heterocycles. The van der Waals surface area contributed by atoms with E-state index in [1.165, 1.54) is 11.5 Å². The van der Waals surface area contributed by atoms with E-state index in [-0.39, 0.29) is 0 Å². The molecule has 0 unspecified atom stereocenters. The molecule has 0 spiro atoms. The minimum atomic E-state index is 0.371. The number of hydrogen-bond donors (Lipinski definition) is 0. The van der Waals surface area contributed by atoms with Gasteiger partial charge in [-0.1, -0.05) is 16.1 Å². The molecule has 4 nitrogen and oxygen atoms in total. The number of hydrogen-bond acceptors (Lipinski definition) is 5. The lowest BCUT2D eigenvalue weighted by molar-refractivity contribution is 0.215. The van der Waals surface area contributed by atoms with Gasteiger partial charge in [0.25, 0.3) is 0 Å². The van der Waals surface area contributed by atoms with Crippen molar-refractivity contribution in [3.8, 4) is 6.07 Å². The maximum atomic E-state index is 8.55. The fraction of sp³-hybridized carbons (Fsp3) is 0.667. The number of nitriles is 1. The summed E-state index contributed by atoms with van der Waals surface area (Å²) in [6, 6.07) is 2.51. The molecule has 82 valence electrons. The summed E-state index contributed by atoms with van der Waals surface area (Å²) in [7, 11) is 0. The first-order chi connectivity index (χ1) is 7.15. The molecule has 1 rings (SSSR count). The largest absolute Gasteiger partial charge is 0.294 e. The van der Waals surface area contributed by atoms with Crippen molar-refractivity contribution >= 4 is 23.1 Å². The monoisotopic (exact) mass is 244 g/mol. The van der Waals surface area contributed by atoms with Gasteiger partial charge in [-0.25, -0.2) is 0 Å². The quantitative estimate of drug-likeness (QED) is 0.798. The van der Waals surface area contributed by atoms with Gasteiger partial charge in [0, 0.05) is 37.1 Å². The van der Waals surface area contributed by atoms with Crippen LogP contribution in [0.25, 0.3) is 0 Å². The topological polar surface area (TPSA) is 52.8 Å². The number of rotatable bonds is 5. The molecule has 0 saturated carbocycles. The summed E-state index contributed by atoms with van der Waals surface area (Å²) in [6.07, 6.45) is 0.521. The van der Waals surface area contributed by atoms with Crippen LogP contribution in [0.2, 0.25) is 4.34 Å². The van der Waals surface area contributed by atoms with Gasteiger partial charge in [-0.15, -0.1) is 5.10 Å². The Labute approximate surface area is 98.6 Å². The van der Waals surface area contributed by atoms with Crippen molar-refractivity contribution in [1.82, 2.24) is 14.5 Å². The molecule has 0 aromatic carbocycles. The number of aromatic nitrogens is 2. The van der Waals surface area contributed by atoms with Gasteiger partial charge < -0.3 is 0 Å². The highest BCUT2D eigenvalue weighted by molar-refractivity contribution is 7.10. The van der Waals surface area contributed by atoms with E-state index in [1.807, 2.05) is 0 Å². The summed E-state index contributed by atoms with van der Waals surface area (Å²) in [5, 5.41) is 12.5. The van der Waals surface area contributed by atoms with Gasteiger partial charge in [-0.3, -0.25) is 4.90 Å². The van der Waals surface area contributed by atoms with E-state index in [9.17, 15) is 0 Å². The summed E-state index contributed by atoms with van der Waals surface area (Å²) in [4.78, 5) is 2.16. The van der Waals surface area contributed by atoms with Crippen molar-refractivity contribution in [2.45, 2.75) is 32.9 Å². The molecule has 0 aliphatic heterocycles. The maximum Gasteiger partial charge on any atom is 0.138 e. The Morgan fingerprint density at radius 2 is 2.33 bits per heavy atom. The zero-order valence-corrected chi connectivity index (χ0v) is 10.3. The molecular weight excluding hydrogens is 232 g/mol. The van der Waals surface area contributed by atoms with E-state index in [2.05, 4.69) is 34.4 Å². The van der Waals surface area contributed by atoms with E-state index >= 15 is 0 Å². The highest BCUT2D eigenvalue weighted by Gasteiger charge is 2.14. The molecule has 0 aliphatic carbocycles. The first kappa shape index (κ1) is 12.4. The Kier molecular flexibility index (Phi) is 4.95. The predicted octanol–water partition coefficient (Wildman–Crippen LogP) is 2.32. The highest BCUT2D eigenvalue weighted by atomic mass is 35.5. The lowest BCUT2D eigenvalue weighted by atomic mass is 10.2. The maximum absolute atomic E-state index is 8.55. The molecule has 0 saturated heterocycles. The first-order valence-corrected chi connectivity index (χ1v) is 5.88. The van der Waals surface area contributed by atoms with Crippen LogP contribution in [0.1, 0.15) is 26.0 Å². The Hall–Kier alpha value is -0.700. The highest BCUT2D eigenvalue weighted by Crippen LogP contribution is 2.19. The van der Waals surface area contributed by atoms with Crippen LogP contribution in [0.3, 0.4) is 0 Å². The lowest BCUT2D eigenvalue weighted by Gasteiger charge is -2.24. The second-order valence-electron chi connectivity index (χ2n) is 3.47. The SMILES string of the molecule is CC(C)N(CCC#N)Cc1nnsc1Cl. The van der Waals surface area contributed by atoms with Crippen molar-refractivity contribution in [2.24, 2.45) is 0 Å². The third-order valence-electron chi connectivity index (χ3n) is 2.10. The summed E-state index contributed by atoms with van der Waals surface area (Å²) in [5.41, 5.74) is 0.799.